The minimum absolute atomic E-state index is 0.160. The van der Waals surface area contributed by atoms with Gasteiger partial charge in [-0.05, 0) is 57.2 Å². The normalized spacial score (nSPS) is 11.6. The Balaban J connectivity index is 2.07. The zero-order valence-electron chi connectivity index (χ0n) is 18.0. The van der Waals surface area contributed by atoms with Gasteiger partial charge in [-0.1, -0.05) is 30.4 Å². The van der Waals surface area contributed by atoms with Gasteiger partial charge in [0.1, 0.15) is 9.71 Å². The molecule has 0 saturated carbocycles. The molecule has 158 valence electrons. The van der Waals surface area contributed by atoms with E-state index in [-0.39, 0.29) is 5.91 Å². The fraction of sp³-hybridized carbons (Fsp3) is 0.160. The molecule has 31 heavy (non-hydrogen) atoms. The Morgan fingerprint density at radius 1 is 1.29 bits per heavy atom. The highest BCUT2D eigenvalue weighted by Gasteiger charge is 2.24. The van der Waals surface area contributed by atoms with E-state index in [0.29, 0.717) is 17.1 Å². The van der Waals surface area contributed by atoms with Gasteiger partial charge in [-0.15, -0.1) is 11.3 Å². The van der Waals surface area contributed by atoms with Crippen molar-refractivity contribution < 1.29 is 4.79 Å². The van der Waals surface area contributed by atoms with Crippen molar-refractivity contribution in [3.8, 4) is 11.3 Å². The molecule has 0 spiro atoms. The molecule has 0 aliphatic heterocycles. The Bertz CT molecular complexity index is 1180. The van der Waals surface area contributed by atoms with E-state index in [1.807, 2.05) is 69.3 Å². The van der Waals surface area contributed by atoms with E-state index in [1.54, 1.807) is 23.4 Å². The maximum absolute atomic E-state index is 13.6. The van der Waals surface area contributed by atoms with Crippen LogP contribution in [0.3, 0.4) is 0 Å². The smallest absolute Gasteiger partial charge is 0.270 e. The van der Waals surface area contributed by atoms with Crippen LogP contribution in [0.25, 0.3) is 21.5 Å². The number of allylic oxidation sites excluding steroid dienone is 5. The van der Waals surface area contributed by atoms with Crippen molar-refractivity contribution in [2.45, 2.75) is 20.8 Å². The number of carbonyl (C=O) groups is 1. The molecule has 3 rings (SSSR count). The largest absolute Gasteiger partial charge is 0.397 e. The number of aromatic nitrogens is 2. The molecule has 0 fully saturated rings. The van der Waals surface area contributed by atoms with E-state index in [9.17, 15) is 4.79 Å². The second-order valence-electron chi connectivity index (χ2n) is 7.16. The van der Waals surface area contributed by atoms with Gasteiger partial charge in [0.2, 0.25) is 0 Å². The van der Waals surface area contributed by atoms with Crippen molar-refractivity contribution >= 4 is 33.1 Å². The molecule has 0 unspecified atom stereocenters. The first kappa shape index (κ1) is 22.2. The highest BCUT2D eigenvalue weighted by Crippen LogP contribution is 2.35. The van der Waals surface area contributed by atoms with Gasteiger partial charge in [-0.3, -0.25) is 9.78 Å². The Labute approximate surface area is 186 Å². The van der Waals surface area contributed by atoms with Crippen LogP contribution in [0.1, 0.15) is 30.4 Å². The predicted molar refractivity (Wildman–Crippen MR) is 131 cm³/mol. The molecule has 0 aromatic carbocycles. The summed E-state index contributed by atoms with van der Waals surface area (Å²) in [7, 11) is 0. The van der Waals surface area contributed by atoms with Crippen LogP contribution in [-0.2, 0) is 0 Å². The lowest BCUT2D eigenvalue weighted by Gasteiger charge is -2.22. The Morgan fingerprint density at radius 3 is 2.74 bits per heavy atom. The number of fused-ring (bicyclic) bond motifs is 1. The van der Waals surface area contributed by atoms with Crippen LogP contribution >= 0.6 is 11.3 Å². The van der Waals surface area contributed by atoms with Gasteiger partial charge >= 0.3 is 0 Å². The Morgan fingerprint density at radius 2 is 2.10 bits per heavy atom. The van der Waals surface area contributed by atoms with Crippen LogP contribution in [0.4, 0.5) is 5.69 Å². The minimum atomic E-state index is -0.160. The summed E-state index contributed by atoms with van der Waals surface area (Å²) in [6.45, 7) is 10.1. The first-order valence-electron chi connectivity index (χ1n) is 9.96. The Hall–Kier alpha value is -3.51. The standard InChI is InChI=1S/C25H26N4OS/c1-5-8-19(9-6-2)29(15-13-17(3)4)25(30)23-22(26)20-11-12-21(28-24(20)31-23)18-10-7-14-27-16-18/h5-14,16H,1,15,26H2,2-4H3/b9-6-,19-8+. The number of nitrogens with zero attached hydrogens (tertiary/aromatic N) is 3. The van der Waals surface area contributed by atoms with E-state index >= 15 is 0 Å². The van der Waals surface area contributed by atoms with Crippen LogP contribution in [-0.4, -0.2) is 27.3 Å². The number of nitrogen functional groups attached to an aromatic ring is 1. The molecule has 0 radical (unpaired) electrons. The van der Waals surface area contributed by atoms with E-state index < -0.39 is 0 Å². The van der Waals surface area contributed by atoms with Crippen molar-refractivity contribution in [2.24, 2.45) is 0 Å². The summed E-state index contributed by atoms with van der Waals surface area (Å²) in [5, 5.41) is 0.781. The minimum Gasteiger partial charge on any atom is -0.397 e. The first-order valence-corrected chi connectivity index (χ1v) is 10.8. The maximum Gasteiger partial charge on any atom is 0.270 e. The zero-order chi connectivity index (χ0) is 22.4. The number of hydrogen-bond donors (Lipinski definition) is 1. The van der Waals surface area contributed by atoms with Crippen LogP contribution in [0, 0.1) is 0 Å². The molecule has 1 amide bonds. The predicted octanol–water partition coefficient (Wildman–Crippen LogP) is 5.99. The summed E-state index contributed by atoms with van der Waals surface area (Å²) < 4.78 is 0. The van der Waals surface area contributed by atoms with E-state index in [2.05, 4.69) is 11.6 Å². The molecule has 0 saturated heterocycles. The van der Waals surface area contributed by atoms with E-state index in [0.717, 1.165) is 32.7 Å². The van der Waals surface area contributed by atoms with Crippen molar-refractivity contribution in [3.63, 3.8) is 0 Å². The average molecular weight is 431 g/mol. The molecule has 3 heterocycles. The zero-order valence-corrected chi connectivity index (χ0v) is 18.8. The highest BCUT2D eigenvalue weighted by atomic mass is 32.1. The van der Waals surface area contributed by atoms with Crippen molar-refractivity contribution in [2.75, 3.05) is 12.3 Å². The molecule has 0 aliphatic carbocycles. The number of hydrogen-bond acceptors (Lipinski definition) is 5. The molecular weight excluding hydrogens is 404 g/mol. The number of pyridine rings is 2. The lowest BCUT2D eigenvalue weighted by Crippen LogP contribution is -2.30. The number of thiophene rings is 1. The molecule has 6 heteroatoms. The summed E-state index contributed by atoms with van der Waals surface area (Å²) in [5.41, 5.74) is 10.5. The summed E-state index contributed by atoms with van der Waals surface area (Å²) in [6.07, 6.45) is 12.8. The van der Waals surface area contributed by atoms with Crippen LogP contribution in [0.15, 0.2) is 84.9 Å². The topological polar surface area (TPSA) is 72.1 Å². The second-order valence-corrected chi connectivity index (χ2v) is 8.16. The summed E-state index contributed by atoms with van der Waals surface area (Å²) in [5.74, 6) is -0.160. The number of carbonyl (C=O) groups excluding carboxylic acids is 1. The average Bonchev–Trinajstić information content (AvgIpc) is 3.10. The van der Waals surface area contributed by atoms with Gasteiger partial charge in [-0.2, -0.15) is 0 Å². The summed E-state index contributed by atoms with van der Waals surface area (Å²) >= 11 is 1.31. The summed E-state index contributed by atoms with van der Waals surface area (Å²) in [6, 6.07) is 7.64. The third-order valence-corrected chi connectivity index (χ3v) is 5.71. The third kappa shape index (κ3) is 4.98. The maximum atomic E-state index is 13.6. The van der Waals surface area contributed by atoms with Crippen molar-refractivity contribution in [1.29, 1.82) is 0 Å². The van der Waals surface area contributed by atoms with Gasteiger partial charge in [0.25, 0.3) is 5.91 Å². The van der Waals surface area contributed by atoms with Gasteiger partial charge < -0.3 is 10.6 Å². The lowest BCUT2D eigenvalue weighted by molar-refractivity contribution is 0.0830. The molecule has 5 nitrogen and oxygen atoms in total. The number of rotatable bonds is 7. The molecule has 3 aromatic heterocycles. The fourth-order valence-corrected chi connectivity index (χ4v) is 4.10. The number of anilines is 1. The number of amides is 1. The van der Waals surface area contributed by atoms with E-state index in [1.165, 1.54) is 11.3 Å². The van der Waals surface area contributed by atoms with Crippen LogP contribution < -0.4 is 5.73 Å². The Kier molecular flexibility index (Phi) is 7.15. The molecular formula is C25H26N4OS. The molecule has 0 aliphatic rings. The molecule has 0 atom stereocenters. The van der Waals surface area contributed by atoms with Gasteiger partial charge in [0.05, 0.1) is 11.4 Å². The second kappa shape index (κ2) is 10.00. The van der Waals surface area contributed by atoms with Crippen molar-refractivity contribution in [1.82, 2.24) is 14.9 Å². The highest BCUT2D eigenvalue weighted by molar-refractivity contribution is 7.21. The van der Waals surface area contributed by atoms with Gasteiger partial charge in [-0.25, -0.2) is 4.98 Å². The van der Waals surface area contributed by atoms with Gasteiger partial charge in [0.15, 0.2) is 0 Å². The van der Waals surface area contributed by atoms with Gasteiger partial charge in [0, 0.05) is 35.6 Å². The van der Waals surface area contributed by atoms with Crippen LogP contribution in [0.5, 0.6) is 0 Å². The fourth-order valence-electron chi connectivity index (χ4n) is 3.06. The van der Waals surface area contributed by atoms with Crippen molar-refractivity contribution in [3.05, 3.63) is 89.8 Å². The van der Waals surface area contributed by atoms with E-state index in [4.69, 9.17) is 10.7 Å². The lowest BCUT2D eigenvalue weighted by atomic mass is 10.1. The molecule has 0 bridgehead atoms. The first-order chi connectivity index (χ1) is 15.0. The molecule has 3 aromatic rings. The third-order valence-electron chi connectivity index (χ3n) is 4.61. The number of nitrogens with two attached hydrogens (primary N) is 1. The summed E-state index contributed by atoms with van der Waals surface area (Å²) in [4.78, 5) is 25.4. The SMILES string of the molecule is C=C/C=C(\C=C/C)N(CC=C(C)C)C(=O)c1sc2nc(-c3cccnc3)ccc2c1N. The quantitative estimate of drug-likeness (QED) is 0.369. The monoisotopic (exact) mass is 430 g/mol. The van der Waals surface area contributed by atoms with Crippen LogP contribution in [0.2, 0.25) is 0 Å². The molecule has 2 N–H and O–H groups in total.